The predicted molar refractivity (Wildman–Crippen MR) is 63.9 cm³/mol. The minimum Gasteiger partial charge on any atom is -0.384 e. The van der Waals surface area contributed by atoms with Crippen LogP contribution < -0.4 is 16.8 Å². The monoisotopic (exact) mass is 232 g/mol. The Hall–Kier alpha value is -1.62. The Kier molecular flexibility index (Phi) is 1.98. The van der Waals surface area contributed by atoms with Gasteiger partial charge in [-0.2, -0.15) is 0 Å². The quantitative estimate of drug-likeness (QED) is 0.696. The van der Waals surface area contributed by atoms with E-state index in [0.717, 1.165) is 31.4 Å². The maximum Gasteiger partial charge on any atom is 0.240 e. The van der Waals surface area contributed by atoms with E-state index in [-0.39, 0.29) is 11.4 Å². The van der Waals surface area contributed by atoms with E-state index in [2.05, 4.69) is 10.3 Å². The molecule has 5 heteroatoms. The Morgan fingerprint density at radius 3 is 2.53 bits per heavy atom. The van der Waals surface area contributed by atoms with Gasteiger partial charge in [-0.05, 0) is 37.8 Å². The van der Waals surface area contributed by atoms with E-state index in [4.69, 9.17) is 11.5 Å². The molecule has 0 aromatic carbocycles. The fourth-order valence-electron chi connectivity index (χ4n) is 1.99. The smallest absolute Gasteiger partial charge is 0.240 e. The molecule has 0 unspecified atom stereocenters. The van der Waals surface area contributed by atoms with Gasteiger partial charge < -0.3 is 16.8 Å². The summed E-state index contributed by atoms with van der Waals surface area (Å²) in [4.78, 5) is 16.2. The number of nitrogens with one attached hydrogen (secondary N) is 1. The molecule has 0 aliphatic heterocycles. The summed E-state index contributed by atoms with van der Waals surface area (Å²) in [6.07, 6.45) is 3.37. The van der Waals surface area contributed by atoms with Gasteiger partial charge in [0.2, 0.25) is 5.91 Å². The van der Waals surface area contributed by atoms with Crippen LogP contribution in [0.25, 0.3) is 0 Å². The standard InChI is InChI=1S/C12H16N4O/c13-9-3-1-2-8(15-9)12(6-7-12)16-10(17)11(14)4-5-11/h1-3H,4-7,14H2,(H2,13,15)(H,16,17). The summed E-state index contributed by atoms with van der Waals surface area (Å²) in [5.41, 5.74) is 11.4. The number of amides is 1. The number of nitrogens with zero attached hydrogens (tertiary/aromatic N) is 1. The van der Waals surface area contributed by atoms with Crippen LogP contribution in [0.2, 0.25) is 0 Å². The molecule has 17 heavy (non-hydrogen) atoms. The number of rotatable bonds is 3. The van der Waals surface area contributed by atoms with Crippen molar-refractivity contribution in [2.75, 3.05) is 5.73 Å². The van der Waals surface area contributed by atoms with Crippen molar-refractivity contribution >= 4 is 11.7 Å². The summed E-state index contributed by atoms with van der Waals surface area (Å²) in [6, 6.07) is 5.51. The van der Waals surface area contributed by atoms with Gasteiger partial charge in [0.05, 0.1) is 16.8 Å². The average Bonchev–Trinajstić information content (AvgIpc) is 3.17. The van der Waals surface area contributed by atoms with Crippen molar-refractivity contribution in [2.45, 2.75) is 36.8 Å². The van der Waals surface area contributed by atoms with Crippen molar-refractivity contribution in [2.24, 2.45) is 5.73 Å². The van der Waals surface area contributed by atoms with Gasteiger partial charge in [-0.3, -0.25) is 4.79 Å². The third kappa shape index (κ3) is 1.76. The fourth-order valence-corrected chi connectivity index (χ4v) is 1.99. The SMILES string of the molecule is Nc1cccc(C2(NC(=O)C3(N)CC3)CC2)n1. The van der Waals surface area contributed by atoms with E-state index in [1.807, 2.05) is 12.1 Å². The molecule has 2 aliphatic rings. The van der Waals surface area contributed by atoms with E-state index in [0.29, 0.717) is 5.82 Å². The second kappa shape index (κ2) is 3.20. The summed E-state index contributed by atoms with van der Waals surface area (Å²) in [5, 5.41) is 3.03. The van der Waals surface area contributed by atoms with Gasteiger partial charge in [-0.15, -0.1) is 0 Å². The van der Waals surface area contributed by atoms with Gasteiger partial charge in [0.1, 0.15) is 5.82 Å². The van der Waals surface area contributed by atoms with Crippen LogP contribution in [0.5, 0.6) is 0 Å². The molecule has 1 amide bonds. The number of aromatic nitrogens is 1. The van der Waals surface area contributed by atoms with E-state index in [1.165, 1.54) is 0 Å². The minimum absolute atomic E-state index is 0.0563. The average molecular weight is 232 g/mol. The van der Waals surface area contributed by atoms with Crippen molar-refractivity contribution in [1.29, 1.82) is 0 Å². The first-order valence-corrected chi connectivity index (χ1v) is 5.89. The molecule has 1 heterocycles. The Bertz CT molecular complexity index is 477. The number of hydrogen-bond donors (Lipinski definition) is 3. The second-order valence-electron chi connectivity index (χ2n) is 5.14. The largest absolute Gasteiger partial charge is 0.384 e. The number of carbonyl (C=O) groups is 1. The lowest BCUT2D eigenvalue weighted by Gasteiger charge is -2.19. The first-order valence-electron chi connectivity index (χ1n) is 5.89. The predicted octanol–water partition coefficient (Wildman–Crippen LogP) is 0.260. The highest BCUT2D eigenvalue weighted by atomic mass is 16.2. The molecule has 0 saturated heterocycles. The maximum atomic E-state index is 11.9. The van der Waals surface area contributed by atoms with Gasteiger partial charge in [0.25, 0.3) is 0 Å². The Morgan fingerprint density at radius 2 is 2.00 bits per heavy atom. The molecule has 2 saturated carbocycles. The van der Waals surface area contributed by atoms with E-state index in [1.54, 1.807) is 6.07 Å². The van der Waals surface area contributed by atoms with Crippen LogP contribution in [-0.2, 0) is 10.3 Å². The third-order valence-electron chi connectivity index (χ3n) is 3.60. The number of nitrogen functional groups attached to an aromatic ring is 1. The molecule has 0 radical (unpaired) electrons. The molecule has 0 atom stereocenters. The molecule has 1 aromatic rings. The van der Waals surface area contributed by atoms with Crippen LogP contribution in [-0.4, -0.2) is 16.4 Å². The number of hydrogen-bond acceptors (Lipinski definition) is 4. The Morgan fingerprint density at radius 1 is 1.29 bits per heavy atom. The van der Waals surface area contributed by atoms with Gasteiger partial charge in [0.15, 0.2) is 0 Å². The summed E-state index contributed by atoms with van der Waals surface area (Å²) < 4.78 is 0. The highest BCUT2D eigenvalue weighted by Gasteiger charge is 2.53. The van der Waals surface area contributed by atoms with E-state index >= 15 is 0 Å². The molecule has 0 bridgehead atoms. The highest BCUT2D eigenvalue weighted by Crippen LogP contribution is 2.46. The third-order valence-corrected chi connectivity index (χ3v) is 3.60. The van der Waals surface area contributed by atoms with Gasteiger partial charge in [0, 0.05) is 0 Å². The maximum absolute atomic E-state index is 11.9. The lowest BCUT2D eigenvalue weighted by molar-refractivity contribution is -0.124. The summed E-state index contributed by atoms with van der Waals surface area (Å²) >= 11 is 0. The zero-order valence-corrected chi connectivity index (χ0v) is 9.57. The minimum atomic E-state index is -0.629. The lowest BCUT2D eigenvalue weighted by Crippen LogP contribution is -2.47. The molecule has 3 rings (SSSR count). The van der Waals surface area contributed by atoms with Gasteiger partial charge >= 0.3 is 0 Å². The number of anilines is 1. The van der Waals surface area contributed by atoms with Crippen molar-refractivity contribution in [1.82, 2.24) is 10.3 Å². The van der Waals surface area contributed by atoms with E-state index in [9.17, 15) is 4.79 Å². The number of carbonyl (C=O) groups excluding carboxylic acids is 1. The van der Waals surface area contributed by atoms with Crippen molar-refractivity contribution < 1.29 is 4.79 Å². The topological polar surface area (TPSA) is 94.0 Å². The van der Waals surface area contributed by atoms with Crippen LogP contribution in [0.15, 0.2) is 18.2 Å². The van der Waals surface area contributed by atoms with Gasteiger partial charge in [-0.25, -0.2) is 4.98 Å². The number of pyridine rings is 1. The van der Waals surface area contributed by atoms with Gasteiger partial charge in [-0.1, -0.05) is 6.07 Å². The van der Waals surface area contributed by atoms with Crippen LogP contribution in [0.4, 0.5) is 5.82 Å². The normalized spacial score (nSPS) is 22.9. The molecule has 0 spiro atoms. The Labute approximate surface area is 99.6 Å². The van der Waals surface area contributed by atoms with Crippen molar-refractivity contribution in [3.05, 3.63) is 23.9 Å². The van der Waals surface area contributed by atoms with E-state index < -0.39 is 5.54 Å². The molecule has 2 fully saturated rings. The summed E-state index contributed by atoms with van der Waals surface area (Å²) in [7, 11) is 0. The zero-order chi connectivity index (χ0) is 12.1. The lowest BCUT2D eigenvalue weighted by atomic mass is 10.1. The van der Waals surface area contributed by atoms with Crippen LogP contribution in [0.3, 0.4) is 0 Å². The first kappa shape index (κ1) is 10.5. The second-order valence-corrected chi connectivity index (χ2v) is 5.14. The molecular formula is C12H16N4O. The van der Waals surface area contributed by atoms with Crippen molar-refractivity contribution in [3.8, 4) is 0 Å². The van der Waals surface area contributed by atoms with Crippen LogP contribution >= 0.6 is 0 Å². The molecular weight excluding hydrogens is 216 g/mol. The molecule has 2 aliphatic carbocycles. The Balaban J connectivity index is 1.80. The van der Waals surface area contributed by atoms with Crippen LogP contribution in [0.1, 0.15) is 31.4 Å². The first-order chi connectivity index (χ1) is 8.04. The highest BCUT2D eigenvalue weighted by molar-refractivity contribution is 5.90. The molecule has 1 aromatic heterocycles. The van der Waals surface area contributed by atoms with Crippen LogP contribution in [0, 0.1) is 0 Å². The fraction of sp³-hybridized carbons (Fsp3) is 0.500. The summed E-state index contributed by atoms with van der Waals surface area (Å²) in [5.74, 6) is 0.427. The van der Waals surface area contributed by atoms with Crippen molar-refractivity contribution in [3.63, 3.8) is 0 Å². The molecule has 5 N–H and O–H groups in total. The molecule has 5 nitrogen and oxygen atoms in total. The molecule has 90 valence electrons. The summed E-state index contributed by atoms with van der Waals surface area (Å²) in [6.45, 7) is 0. The zero-order valence-electron chi connectivity index (χ0n) is 9.57. The number of nitrogens with two attached hydrogens (primary N) is 2.